The maximum Gasteiger partial charge on any atom is 0.317 e. The van der Waals surface area contributed by atoms with E-state index in [1.165, 1.54) is 4.90 Å². The lowest BCUT2D eigenvalue weighted by atomic mass is 10.1. The molecule has 0 aromatic heterocycles. The minimum Gasteiger partial charge on any atom is -0.496 e. The van der Waals surface area contributed by atoms with E-state index in [0.717, 1.165) is 5.56 Å². The molecule has 1 rings (SSSR count). The lowest BCUT2D eigenvalue weighted by Crippen LogP contribution is -2.42. The highest BCUT2D eigenvalue weighted by Crippen LogP contribution is 2.28. The zero-order chi connectivity index (χ0) is 19.0. The molecule has 0 aliphatic rings. The molecule has 0 heterocycles. The van der Waals surface area contributed by atoms with Gasteiger partial charge in [-0.15, -0.1) is 0 Å². The van der Waals surface area contributed by atoms with Gasteiger partial charge < -0.3 is 24.8 Å². The Hall–Kier alpha value is -2.28. The number of rotatable bonds is 9. The Balaban J connectivity index is 2.76. The zero-order valence-electron chi connectivity index (χ0n) is 15.5. The fourth-order valence-electron chi connectivity index (χ4n) is 2.38. The van der Waals surface area contributed by atoms with Crippen LogP contribution in [-0.4, -0.2) is 55.4 Å². The van der Waals surface area contributed by atoms with E-state index in [4.69, 9.17) is 14.6 Å². The number of methoxy groups -OCH3 is 1. The monoisotopic (exact) mass is 352 g/mol. The Bertz CT molecular complexity index is 576. The first kappa shape index (κ1) is 20.8. The molecule has 1 aromatic rings. The largest absolute Gasteiger partial charge is 0.496 e. The molecule has 1 aromatic carbocycles. The van der Waals surface area contributed by atoms with Crippen molar-refractivity contribution in [3.8, 4) is 5.75 Å². The summed E-state index contributed by atoms with van der Waals surface area (Å²) in [5.74, 6) is -0.877. The molecule has 0 saturated heterocycles. The van der Waals surface area contributed by atoms with Crippen molar-refractivity contribution in [2.24, 2.45) is 5.92 Å². The van der Waals surface area contributed by atoms with Crippen LogP contribution in [0.25, 0.3) is 0 Å². The highest BCUT2D eigenvalue weighted by molar-refractivity contribution is 5.75. The van der Waals surface area contributed by atoms with E-state index in [1.54, 1.807) is 21.1 Å². The third-order valence-electron chi connectivity index (χ3n) is 3.68. The number of nitrogens with one attached hydrogen (secondary N) is 1. The Morgan fingerprint density at radius 1 is 1.24 bits per heavy atom. The second-order valence-corrected chi connectivity index (χ2v) is 6.22. The summed E-state index contributed by atoms with van der Waals surface area (Å²) in [5.41, 5.74) is 0.848. The summed E-state index contributed by atoms with van der Waals surface area (Å²) < 4.78 is 11.3. The lowest BCUT2D eigenvalue weighted by molar-refractivity contribution is -0.141. The number of hydrogen-bond acceptors (Lipinski definition) is 4. The average molecular weight is 352 g/mol. The second-order valence-electron chi connectivity index (χ2n) is 6.22. The third-order valence-corrected chi connectivity index (χ3v) is 3.68. The van der Waals surface area contributed by atoms with E-state index in [2.05, 4.69) is 5.32 Å². The Morgan fingerprint density at radius 2 is 1.88 bits per heavy atom. The predicted molar refractivity (Wildman–Crippen MR) is 94.8 cm³/mol. The number of para-hydroxylation sites is 1. The first-order valence-corrected chi connectivity index (χ1v) is 8.26. The Morgan fingerprint density at radius 3 is 2.44 bits per heavy atom. The summed E-state index contributed by atoms with van der Waals surface area (Å²) in [6.45, 7) is 5.79. The number of aliphatic carboxylic acids is 1. The Labute approximate surface area is 148 Å². The Kier molecular flexibility index (Phi) is 8.21. The summed E-state index contributed by atoms with van der Waals surface area (Å²) >= 11 is 0. The first-order chi connectivity index (χ1) is 11.8. The molecule has 0 bridgehead atoms. The molecule has 0 radical (unpaired) electrons. The molecule has 0 fully saturated rings. The second kappa shape index (κ2) is 9.88. The van der Waals surface area contributed by atoms with Gasteiger partial charge >= 0.3 is 12.0 Å². The van der Waals surface area contributed by atoms with Crippen molar-refractivity contribution in [2.75, 3.05) is 27.2 Å². The van der Waals surface area contributed by atoms with Crippen molar-refractivity contribution < 1.29 is 24.2 Å². The van der Waals surface area contributed by atoms with E-state index < -0.39 is 11.9 Å². The fraction of sp³-hybridized carbons (Fsp3) is 0.556. The number of hydrogen-bond donors (Lipinski definition) is 2. The van der Waals surface area contributed by atoms with Crippen molar-refractivity contribution in [1.82, 2.24) is 10.2 Å². The van der Waals surface area contributed by atoms with Crippen LogP contribution >= 0.6 is 0 Å². The van der Waals surface area contributed by atoms with Gasteiger partial charge in [0.1, 0.15) is 11.9 Å². The van der Waals surface area contributed by atoms with E-state index >= 15 is 0 Å². The molecule has 0 aliphatic heterocycles. The summed E-state index contributed by atoms with van der Waals surface area (Å²) in [6.07, 6.45) is -0.401. The number of carbonyl (C=O) groups excluding carboxylic acids is 1. The van der Waals surface area contributed by atoms with Crippen LogP contribution in [0.2, 0.25) is 0 Å². The SMILES string of the molecule is COc1ccccc1C(CNC(=O)N(C)CC(C)C(=O)O)OC(C)C. The maximum atomic E-state index is 12.2. The maximum absolute atomic E-state index is 12.2. The number of carboxylic acid groups (broad SMARTS) is 1. The quantitative estimate of drug-likeness (QED) is 0.713. The van der Waals surface area contributed by atoms with Crippen molar-refractivity contribution in [3.05, 3.63) is 29.8 Å². The average Bonchev–Trinajstić information content (AvgIpc) is 2.57. The number of benzene rings is 1. The predicted octanol–water partition coefficient (Wildman–Crippen LogP) is 2.52. The summed E-state index contributed by atoms with van der Waals surface area (Å²) in [6, 6.07) is 7.15. The summed E-state index contributed by atoms with van der Waals surface area (Å²) in [4.78, 5) is 24.5. The molecule has 7 nitrogen and oxygen atoms in total. The van der Waals surface area contributed by atoms with Crippen LogP contribution in [0.15, 0.2) is 24.3 Å². The van der Waals surface area contributed by atoms with Gasteiger partial charge in [0.05, 0.1) is 19.1 Å². The van der Waals surface area contributed by atoms with Crippen molar-refractivity contribution in [2.45, 2.75) is 33.0 Å². The van der Waals surface area contributed by atoms with Crippen LogP contribution in [0.5, 0.6) is 5.75 Å². The molecular formula is C18H28N2O5. The van der Waals surface area contributed by atoms with Crippen LogP contribution in [0, 0.1) is 5.92 Å². The van der Waals surface area contributed by atoms with Crippen LogP contribution in [-0.2, 0) is 9.53 Å². The van der Waals surface area contributed by atoms with Gasteiger partial charge in [0.25, 0.3) is 0 Å². The summed E-state index contributed by atoms with van der Waals surface area (Å²) in [7, 11) is 3.15. The van der Waals surface area contributed by atoms with Gasteiger partial charge in [0.2, 0.25) is 0 Å². The molecule has 7 heteroatoms. The zero-order valence-corrected chi connectivity index (χ0v) is 15.5. The van der Waals surface area contributed by atoms with Gasteiger partial charge in [-0.2, -0.15) is 0 Å². The molecule has 2 amide bonds. The number of amides is 2. The fourth-order valence-corrected chi connectivity index (χ4v) is 2.38. The summed E-state index contributed by atoms with van der Waals surface area (Å²) in [5, 5.41) is 11.7. The van der Waals surface area contributed by atoms with Crippen LogP contribution in [0.3, 0.4) is 0 Å². The highest BCUT2D eigenvalue weighted by atomic mass is 16.5. The molecule has 25 heavy (non-hydrogen) atoms. The van der Waals surface area contributed by atoms with Crippen LogP contribution in [0.4, 0.5) is 4.79 Å². The molecule has 0 aliphatic carbocycles. The van der Waals surface area contributed by atoms with Crippen molar-refractivity contribution in [3.63, 3.8) is 0 Å². The molecule has 2 unspecified atom stereocenters. The molecule has 140 valence electrons. The normalized spacial score (nSPS) is 13.2. The van der Waals surface area contributed by atoms with Gasteiger partial charge in [0.15, 0.2) is 0 Å². The van der Waals surface area contributed by atoms with E-state index in [0.29, 0.717) is 5.75 Å². The molecule has 2 atom stereocenters. The number of ether oxygens (including phenoxy) is 2. The van der Waals surface area contributed by atoms with Crippen LogP contribution < -0.4 is 10.1 Å². The third kappa shape index (κ3) is 6.62. The van der Waals surface area contributed by atoms with Gasteiger partial charge in [0, 0.05) is 25.7 Å². The van der Waals surface area contributed by atoms with Crippen molar-refractivity contribution >= 4 is 12.0 Å². The topological polar surface area (TPSA) is 88.1 Å². The van der Waals surface area contributed by atoms with E-state index in [9.17, 15) is 9.59 Å². The van der Waals surface area contributed by atoms with Gasteiger partial charge in [-0.25, -0.2) is 4.79 Å². The standard InChI is InChI=1S/C18H28N2O5/c1-12(2)25-16(14-8-6-7-9-15(14)24-5)10-19-18(23)20(4)11-13(3)17(21)22/h6-9,12-13,16H,10-11H2,1-5H3,(H,19,23)(H,21,22). The number of urea groups is 1. The van der Waals surface area contributed by atoms with Crippen LogP contribution in [0.1, 0.15) is 32.4 Å². The van der Waals surface area contributed by atoms with Gasteiger partial charge in [-0.3, -0.25) is 4.79 Å². The lowest BCUT2D eigenvalue weighted by Gasteiger charge is -2.25. The molecular weight excluding hydrogens is 324 g/mol. The molecule has 0 spiro atoms. The van der Waals surface area contributed by atoms with E-state index in [-0.39, 0.29) is 31.3 Å². The molecule has 2 N–H and O–H groups in total. The van der Waals surface area contributed by atoms with Gasteiger partial charge in [-0.05, 0) is 19.9 Å². The van der Waals surface area contributed by atoms with Gasteiger partial charge in [-0.1, -0.05) is 25.1 Å². The smallest absolute Gasteiger partial charge is 0.317 e. The van der Waals surface area contributed by atoms with Crippen molar-refractivity contribution in [1.29, 1.82) is 0 Å². The minimum atomic E-state index is -0.935. The number of nitrogens with zero attached hydrogens (tertiary/aromatic N) is 1. The number of carbonyl (C=O) groups is 2. The number of carboxylic acids is 1. The molecule has 0 saturated carbocycles. The highest BCUT2D eigenvalue weighted by Gasteiger charge is 2.21. The first-order valence-electron chi connectivity index (χ1n) is 8.26. The minimum absolute atomic E-state index is 0.0309. The van der Waals surface area contributed by atoms with E-state index in [1.807, 2.05) is 38.1 Å².